The van der Waals surface area contributed by atoms with Crippen LogP contribution in [0.15, 0.2) is 83.5 Å². The SMILES string of the molecule is CC[C@H](C)[C@H]1O[C@]2(C=C[C@@H]1C)C[C@@H]1C[C@@H](C/C=C(\C)[C@@H](O[C@H]3C[C@H](OC)[C@@H](O[C@H]4C[C@H](OC)[C@@H](ONC(=O)Oc5cccc(OC(=O)NC)c5)[C@H](C)O4)[C@H](C)O3)[C@@H](C)/C=C/C=C3\CO[C@@H]4[C@H](O)C(C)=C[C@@H](C(=O)O1)[C@]34O)O2. The smallest absolute Gasteiger partial charge is 0.436 e. The highest BCUT2D eigenvalue weighted by Gasteiger charge is 2.60. The zero-order valence-corrected chi connectivity index (χ0v) is 46.1. The molecule has 7 aliphatic rings. The Kier molecular flexibility index (Phi) is 19.2. The standard InChI is InChI=1S/C57H80N2O18/c1-12-30(2)49-33(5)21-22-56(76-49)28-41-25-40(75-56)20-19-32(4)48(31(3)15-13-16-37-29-67-52-47(60)34(6)23-42(53(61)70-41)57(37,52)64)73-45-26-43(65-10)50(35(7)68-45)74-46-27-44(66-11)51(36(8)69-46)77-59-55(63)72-39-18-14-17-38(24-39)71-54(62)58-9/h13-19,21-24,30-31,33,35-36,40-52,60,64H,12,20,25-29H2,1-11H3,(H,58,62)(H,59,63)/b15-13+,32-19+,37-16+/t30-,31-,33-,35-,36-,40+,41-,42-,43-,44-,45-,46-,47+,48-,49+,50-,51-,52+,56+,57+/m0/s1. The second-order valence-electron chi connectivity index (χ2n) is 21.7. The number of rotatable bonds is 12. The number of carbonyl (C=O) groups excluding carboxylic acids is 3. The van der Waals surface area contributed by atoms with Crippen LogP contribution in [0.5, 0.6) is 11.5 Å². The summed E-state index contributed by atoms with van der Waals surface area (Å²) in [5, 5.41) is 26.2. The molecule has 2 bridgehead atoms. The zero-order valence-electron chi connectivity index (χ0n) is 46.1. The molecule has 77 heavy (non-hydrogen) atoms. The first-order valence-electron chi connectivity index (χ1n) is 27.1. The van der Waals surface area contributed by atoms with E-state index in [-0.39, 0.29) is 54.8 Å². The maximum atomic E-state index is 14.4. The molecule has 1 aromatic rings. The number of methoxy groups -OCH3 is 2. The van der Waals surface area contributed by atoms with E-state index in [2.05, 4.69) is 43.7 Å². The Labute approximate surface area is 451 Å². The van der Waals surface area contributed by atoms with Crippen molar-refractivity contribution in [2.45, 2.75) is 191 Å². The van der Waals surface area contributed by atoms with Crippen LogP contribution in [0.1, 0.15) is 93.9 Å². The molecule has 4 fully saturated rings. The number of aliphatic hydroxyl groups excluding tert-OH is 1. The fourth-order valence-electron chi connectivity index (χ4n) is 11.7. The van der Waals surface area contributed by atoms with Gasteiger partial charge < -0.3 is 72.4 Å². The molecular formula is C57H80N2O18. The fraction of sp³-hybridized carbons (Fsp3) is 0.667. The molecule has 1 aromatic carbocycles. The number of amides is 2. The van der Waals surface area contributed by atoms with Gasteiger partial charge in [0.05, 0.1) is 49.3 Å². The van der Waals surface area contributed by atoms with Crippen molar-refractivity contribution in [3.63, 3.8) is 0 Å². The Morgan fingerprint density at radius 3 is 2.23 bits per heavy atom. The summed E-state index contributed by atoms with van der Waals surface area (Å²) in [4.78, 5) is 44.6. The number of allylic oxidation sites excluding steroid dienone is 2. The van der Waals surface area contributed by atoms with Gasteiger partial charge >= 0.3 is 18.2 Å². The minimum atomic E-state index is -1.87. The summed E-state index contributed by atoms with van der Waals surface area (Å²) in [6, 6.07) is 6.01. The summed E-state index contributed by atoms with van der Waals surface area (Å²) < 4.78 is 75.2. The molecule has 4 N–H and O–H groups in total. The molecule has 20 nitrogen and oxygen atoms in total. The van der Waals surface area contributed by atoms with E-state index >= 15 is 0 Å². The van der Waals surface area contributed by atoms with Crippen molar-refractivity contribution in [2.75, 3.05) is 27.9 Å². The van der Waals surface area contributed by atoms with Gasteiger partial charge in [0, 0.05) is 64.9 Å². The van der Waals surface area contributed by atoms with Crippen molar-refractivity contribution in [1.29, 1.82) is 0 Å². The molecule has 0 radical (unpaired) electrons. The normalized spacial score (nSPS) is 41.5. The maximum absolute atomic E-state index is 14.4. The Morgan fingerprint density at radius 1 is 0.870 bits per heavy atom. The van der Waals surface area contributed by atoms with Crippen molar-refractivity contribution >= 4 is 18.2 Å². The number of ether oxygens (including phenoxy) is 12. The Morgan fingerprint density at radius 2 is 1.55 bits per heavy atom. The first-order valence-corrected chi connectivity index (χ1v) is 27.1. The van der Waals surface area contributed by atoms with Gasteiger partial charge in [0.25, 0.3) is 0 Å². The van der Waals surface area contributed by atoms with Crippen molar-refractivity contribution < 1.29 is 86.3 Å². The highest BCUT2D eigenvalue weighted by molar-refractivity contribution is 5.78. The average molecular weight is 1080 g/mol. The number of hydrogen-bond donors (Lipinski definition) is 4. The van der Waals surface area contributed by atoms with Gasteiger partial charge in [-0.05, 0) is 75.0 Å². The maximum Gasteiger partial charge on any atom is 0.436 e. The first-order chi connectivity index (χ1) is 36.8. The lowest BCUT2D eigenvalue weighted by Crippen LogP contribution is -2.58. The van der Waals surface area contributed by atoms with E-state index in [4.69, 9.17) is 61.7 Å². The fourth-order valence-corrected chi connectivity index (χ4v) is 11.7. The second-order valence-corrected chi connectivity index (χ2v) is 21.7. The minimum Gasteiger partial charge on any atom is -0.462 e. The van der Waals surface area contributed by atoms with Crippen LogP contribution in [-0.2, 0) is 57.0 Å². The van der Waals surface area contributed by atoms with E-state index < -0.39 is 115 Å². The monoisotopic (exact) mass is 1080 g/mol. The third kappa shape index (κ3) is 13.2. The molecule has 0 saturated carbocycles. The number of hydroxylamine groups is 1. The number of benzene rings is 1. The molecule has 0 unspecified atom stereocenters. The molecule has 20 heteroatoms. The lowest BCUT2D eigenvalue weighted by Gasteiger charge is -2.48. The predicted octanol–water partition coefficient (Wildman–Crippen LogP) is 6.82. The lowest BCUT2D eigenvalue weighted by atomic mass is 9.71. The first kappa shape index (κ1) is 58.6. The van der Waals surface area contributed by atoms with Crippen molar-refractivity contribution in [1.82, 2.24) is 10.8 Å². The third-order valence-corrected chi connectivity index (χ3v) is 16.2. The summed E-state index contributed by atoms with van der Waals surface area (Å²) in [7, 11) is 4.58. The van der Waals surface area contributed by atoms with Crippen LogP contribution in [0.25, 0.3) is 0 Å². The largest absolute Gasteiger partial charge is 0.462 e. The molecule has 8 rings (SSSR count). The summed E-state index contributed by atoms with van der Waals surface area (Å²) in [6.07, 6.45) is 5.47. The Bertz CT molecular complexity index is 2390. The molecule has 20 atom stereocenters. The number of fused-ring (bicyclic) bond motifs is 2. The van der Waals surface area contributed by atoms with Gasteiger partial charge in [0.1, 0.15) is 53.5 Å². The average Bonchev–Trinajstić information content (AvgIpc) is 3.83. The number of nitrogens with one attached hydrogen (secondary N) is 2. The molecule has 6 aliphatic heterocycles. The highest BCUT2D eigenvalue weighted by Crippen LogP contribution is 2.47. The summed E-state index contributed by atoms with van der Waals surface area (Å²) in [6.45, 7) is 15.9. The molecule has 0 aromatic heterocycles. The third-order valence-electron chi connectivity index (χ3n) is 16.2. The molecule has 1 spiro atoms. The van der Waals surface area contributed by atoms with E-state index in [1.807, 2.05) is 39.0 Å². The number of carbonyl (C=O) groups is 3. The van der Waals surface area contributed by atoms with Gasteiger partial charge in [-0.1, -0.05) is 76.6 Å². The predicted molar refractivity (Wildman–Crippen MR) is 277 cm³/mol. The number of esters is 1. The van der Waals surface area contributed by atoms with E-state index in [0.717, 1.165) is 12.0 Å². The van der Waals surface area contributed by atoms with Crippen LogP contribution in [-0.4, -0.2) is 153 Å². The summed E-state index contributed by atoms with van der Waals surface area (Å²) in [5.41, 5.74) is 2.32. The second kappa shape index (κ2) is 25.3. The van der Waals surface area contributed by atoms with Crippen molar-refractivity contribution in [3.05, 3.63) is 83.5 Å². The van der Waals surface area contributed by atoms with E-state index in [1.54, 1.807) is 39.2 Å². The van der Waals surface area contributed by atoms with Crippen molar-refractivity contribution in [3.8, 4) is 11.5 Å². The highest BCUT2D eigenvalue weighted by atomic mass is 16.8. The van der Waals surface area contributed by atoms with Crippen LogP contribution in [0.4, 0.5) is 9.59 Å². The number of hydrogen-bond acceptors (Lipinski definition) is 18. The van der Waals surface area contributed by atoms with Crippen molar-refractivity contribution in [2.24, 2.45) is 23.7 Å². The van der Waals surface area contributed by atoms with Gasteiger partial charge in [-0.15, -0.1) is 0 Å². The van der Waals surface area contributed by atoms with Gasteiger partial charge in [0.2, 0.25) is 0 Å². The van der Waals surface area contributed by atoms with Crippen LogP contribution in [0.3, 0.4) is 0 Å². The van der Waals surface area contributed by atoms with Gasteiger partial charge in [-0.2, -0.15) is 5.48 Å². The zero-order chi connectivity index (χ0) is 55.3. The van der Waals surface area contributed by atoms with Gasteiger partial charge in [-0.25, -0.2) is 9.59 Å². The topological polar surface area (TPSA) is 236 Å². The van der Waals surface area contributed by atoms with E-state index in [0.29, 0.717) is 30.4 Å². The van der Waals surface area contributed by atoms with E-state index in [1.165, 1.54) is 32.4 Å². The Balaban J connectivity index is 0.969. The van der Waals surface area contributed by atoms with Gasteiger partial charge in [0.15, 0.2) is 18.4 Å². The molecule has 2 amide bonds. The van der Waals surface area contributed by atoms with E-state index in [9.17, 15) is 24.6 Å². The molecule has 1 aliphatic carbocycles. The molecular weight excluding hydrogens is 1000 g/mol. The molecule has 4 saturated heterocycles. The summed E-state index contributed by atoms with van der Waals surface area (Å²) in [5.74, 6) is -2.47. The lowest BCUT2D eigenvalue weighted by molar-refractivity contribution is -0.323. The minimum absolute atomic E-state index is 0.00202. The Hall–Kier alpha value is -4.55. The van der Waals surface area contributed by atoms with Crippen LogP contribution in [0, 0.1) is 23.7 Å². The molecule has 6 heterocycles. The molecule has 426 valence electrons. The summed E-state index contributed by atoms with van der Waals surface area (Å²) >= 11 is 0. The van der Waals surface area contributed by atoms with Gasteiger partial charge in [-0.3, -0.25) is 9.63 Å². The van der Waals surface area contributed by atoms with Crippen LogP contribution < -0.4 is 20.3 Å². The van der Waals surface area contributed by atoms with Crippen LogP contribution in [0.2, 0.25) is 0 Å². The number of aliphatic hydroxyl groups is 2. The van der Waals surface area contributed by atoms with Crippen LogP contribution >= 0.6 is 0 Å². The quantitative estimate of drug-likeness (QED) is 0.0954.